The molecule has 0 unspecified atom stereocenters. The molecule has 4 nitrogen and oxygen atoms in total. The summed E-state index contributed by atoms with van der Waals surface area (Å²) in [7, 11) is 0. The first-order valence-corrected chi connectivity index (χ1v) is 7.94. The molecule has 0 saturated heterocycles. The third-order valence-electron chi connectivity index (χ3n) is 3.86. The van der Waals surface area contributed by atoms with Crippen LogP contribution in [0, 0.1) is 0 Å². The van der Waals surface area contributed by atoms with Crippen LogP contribution in [0.1, 0.15) is 35.7 Å². The summed E-state index contributed by atoms with van der Waals surface area (Å²) in [5.74, 6) is 0. The number of carbonyl (C=O) groups excluding carboxylic acids is 1. The lowest BCUT2D eigenvalue weighted by Gasteiger charge is -2.11. The zero-order valence-electron chi connectivity index (χ0n) is 13.2. The van der Waals surface area contributed by atoms with Gasteiger partial charge in [0.05, 0.1) is 24.2 Å². The fourth-order valence-corrected chi connectivity index (χ4v) is 2.59. The number of ether oxygens (including phenoxy) is 1. The van der Waals surface area contributed by atoms with Crippen LogP contribution in [0.15, 0.2) is 48.5 Å². The second-order valence-corrected chi connectivity index (χ2v) is 5.49. The van der Waals surface area contributed by atoms with Crippen LogP contribution in [0.5, 0.6) is 6.01 Å². The van der Waals surface area contributed by atoms with Gasteiger partial charge in [-0.3, -0.25) is 9.36 Å². The molecule has 4 heteroatoms. The van der Waals surface area contributed by atoms with Crippen molar-refractivity contribution in [3.63, 3.8) is 0 Å². The maximum Gasteiger partial charge on any atom is 0.297 e. The Morgan fingerprint density at radius 2 is 1.91 bits per heavy atom. The van der Waals surface area contributed by atoms with Crippen LogP contribution in [0.4, 0.5) is 0 Å². The summed E-state index contributed by atoms with van der Waals surface area (Å²) in [6.45, 7) is 3.35. The van der Waals surface area contributed by atoms with Gasteiger partial charge in [-0.15, -0.1) is 0 Å². The molecule has 0 saturated carbocycles. The van der Waals surface area contributed by atoms with Crippen molar-refractivity contribution in [2.24, 2.45) is 0 Å². The molecule has 1 aromatic heterocycles. The second-order valence-electron chi connectivity index (χ2n) is 5.49. The predicted octanol–water partition coefficient (Wildman–Crippen LogP) is 4.08. The van der Waals surface area contributed by atoms with Gasteiger partial charge in [0.25, 0.3) is 6.01 Å². The molecule has 0 fully saturated rings. The van der Waals surface area contributed by atoms with Gasteiger partial charge < -0.3 is 4.74 Å². The summed E-state index contributed by atoms with van der Waals surface area (Å²) >= 11 is 0. The standard InChI is InChI=1S/C19H20N2O2/c1-2-3-12-23-19-20-17-10-6-7-11-18(17)21(19)13-15-8-4-5-9-16(15)14-22/h4-11,14H,2-3,12-13H2,1H3. The molecule has 0 atom stereocenters. The zero-order valence-corrected chi connectivity index (χ0v) is 13.2. The lowest BCUT2D eigenvalue weighted by atomic mass is 10.1. The lowest BCUT2D eigenvalue weighted by molar-refractivity contribution is 0.112. The summed E-state index contributed by atoms with van der Waals surface area (Å²) in [5, 5.41) is 0. The molecule has 0 spiro atoms. The monoisotopic (exact) mass is 308 g/mol. The molecule has 0 aliphatic heterocycles. The van der Waals surface area contributed by atoms with E-state index in [1.165, 1.54) is 0 Å². The summed E-state index contributed by atoms with van der Waals surface area (Å²) < 4.78 is 7.91. The van der Waals surface area contributed by atoms with Crippen LogP contribution in [0.25, 0.3) is 11.0 Å². The van der Waals surface area contributed by atoms with Gasteiger partial charge in [-0.05, 0) is 24.1 Å². The van der Waals surface area contributed by atoms with Crippen molar-refractivity contribution in [2.45, 2.75) is 26.3 Å². The number of benzene rings is 2. The highest BCUT2D eigenvalue weighted by Crippen LogP contribution is 2.23. The van der Waals surface area contributed by atoms with Gasteiger partial charge in [-0.25, -0.2) is 0 Å². The number of carbonyl (C=O) groups is 1. The summed E-state index contributed by atoms with van der Waals surface area (Å²) in [6, 6.07) is 16.2. The van der Waals surface area contributed by atoms with E-state index in [4.69, 9.17) is 4.74 Å². The van der Waals surface area contributed by atoms with Gasteiger partial charge in [0.1, 0.15) is 6.29 Å². The Labute approximate surface area is 135 Å². The van der Waals surface area contributed by atoms with Crippen LogP contribution < -0.4 is 4.74 Å². The Morgan fingerprint density at radius 1 is 1.13 bits per heavy atom. The molecule has 23 heavy (non-hydrogen) atoms. The van der Waals surface area contributed by atoms with Crippen LogP contribution in [-0.4, -0.2) is 22.4 Å². The average Bonchev–Trinajstić information content (AvgIpc) is 2.93. The van der Waals surface area contributed by atoms with Crippen LogP contribution in [0.2, 0.25) is 0 Å². The number of unbranched alkanes of at least 4 members (excludes halogenated alkanes) is 1. The number of aldehydes is 1. The van der Waals surface area contributed by atoms with Crippen molar-refractivity contribution < 1.29 is 9.53 Å². The Bertz CT molecular complexity index is 808. The third-order valence-corrected chi connectivity index (χ3v) is 3.86. The molecule has 3 rings (SSSR count). The Hall–Kier alpha value is -2.62. The number of rotatable bonds is 7. The first-order chi connectivity index (χ1) is 11.3. The predicted molar refractivity (Wildman–Crippen MR) is 91.1 cm³/mol. The molecule has 0 aliphatic carbocycles. The smallest absolute Gasteiger partial charge is 0.297 e. The number of hydrogen-bond acceptors (Lipinski definition) is 3. The number of nitrogens with zero attached hydrogens (tertiary/aromatic N) is 2. The van der Waals surface area contributed by atoms with Crippen molar-refractivity contribution in [2.75, 3.05) is 6.61 Å². The molecule has 0 radical (unpaired) electrons. The minimum Gasteiger partial charge on any atom is -0.465 e. The maximum absolute atomic E-state index is 11.3. The van der Waals surface area contributed by atoms with Gasteiger partial charge >= 0.3 is 0 Å². The Kier molecular flexibility index (Phi) is 4.71. The number of para-hydroxylation sites is 2. The van der Waals surface area contributed by atoms with Crippen molar-refractivity contribution >= 4 is 17.3 Å². The highest BCUT2D eigenvalue weighted by molar-refractivity contribution is 5.79. The van der Waals surface area contributed by atoms with Crippen molar-refractivity contribution in [3.05, 3.63) is 59.7 Å². The Morgan fingerprint density at radius 3 is 2.74 bits per heavy atom. The van der Waals surface area contributed by atoms with Crippen LogP contribution in [0.3, 0.4) is 0 Å². The molecule has 0 bridgehead atoms. The van der Waals surface area contributed by atoms with Crippen LogP contribution >= 0.6 is 0 Å². The molecule has 1 heterocycles. The first kappa shape index (κ1) is 15.3. The van der Waals surface area contributed by atoms with E-state index >= 15 is 0 Å². The van der Waals surface area contributed by atoms with Gasteiger partial charge in [0.2, 0.25) is 0 Å². The van der Waals surface area contributed by atoms with E-state index in [0.717, 1.165) is 35.7 Å². The SMILES string of the molecule is CCCCOc1nc2ccccc2n1Cc1ccccc1C=O. The Balaban J connectivity index is 2.00. The van der Waals surface area contributed by atoms with Gasteiger partial charge in [0, 0.05) is 5.56 Å². The highest BCUT2D eigenvalue weighted by atomic mass is 16.5. The van der Waals surface area contributed by atoms with Gasteiger partial charge in [-0.1, -0.05) is 49.7 Å². The molecule has 0 amide bonds. The lowest BCUT2D eigenvalue weighted by Crippen LogP contribution is -2.07. The van der Waals surface area contributed by atoms with Crippen molar-refractivity contribution in [1.82, 2.24) is 9.55 Å². The van der Waals surface area contributed by atoms with Gasteiger partial charge in [0.15, 0.2) is 0 Å². The minimum atomic E-state index is 0.566. The van der Waals surface area contributed by atoms with E-state index < -0.39 is 0 Å². The minimum absolute atomic E-state index is 0.566. The van der Waals surface area contributed by atoms with E-state index in [-0.39, 0.29) is 0 Å². The number of aromatic nitrogens is 2. The fraction of sp³-hybridized carbons (Fsp3) is 0.263. The molecule has 0 aliphatic rings. The van der Waals surface area contributed by atoms with E-state index in [1.807, 2.05) is 53.1 Å². The second kappa shape index (κ2) is 7.09. The van der Waals surface area contributed by atoms with E-state index in [9.17, 15) is 4.79 Å². The van der Waals surface area contributed by atoms with E-state index in [2.05, 4.69) is 11.9 Å². The summed E-state index contributed by atoms with van der Waals surface area (Å²) in [5.41, 5.74) is 3.58. The van der Waals surface area contributed by atoms with Crippen molar-refractivity contribution in [1.29, 1.82) is 0 Å². The molecular formula is C19H20N2O2. The number of hydrogen-bond donors (Lipinski definition) is 0. The molecule has 3 aromatic rings. The number of imidazole rings is 1. The third kappa shape index (κ3) is 3.26. The number of fused-ring (bicyclic) bond motifs is 1. The van der Waals surface area contributed by atoms with Crippen LogP contribution in [-0.2, 0) is 6.54 Å². The maximum atomic E-state index is 11.3. The fourth-order valence-electron chi connectivity index (χ4n) is 2.59. The topological polar surface area (TPSA) is 44.1 Å². The largest absolute Gasteiger partial charge is 0.465 e. The summed E-state index contributed by atoms with van der Waals surface area (Å²) in [6.07, 6.45) is 2.97. The van der Waals surface area contributed by atoms with E-state index in [0.29, 0.717) is 24.7 Å². The zero-order chi connectivity index (χ0) is 16.1. The van der Waals surface area contributed by atoms with E-state index in [1.54, 1.807) is 0 Å². The normalized spacial score (nSPS) is 10.8. The average molecular weight is 308 g/mol. The quantitative estimate of drug-likeness (QED) is 0.488. The molecular weight excluding hydrogens is 288 g/mol. The highest BCUT2D eigenvalue weighted by Gasteiger charge is 2.13. The molecule has 2 aromatic carbocycles. The summed E-state index contributed by atoms with van der Waals surface area (Å²) in [4.78, 5) is 15.8. The first-order valence-electron chi connectivity index (χ1n) is 7.94. The van der Waals surface area contributed by atoms with Gasteiger partial charge in [-0.2, -0.15) is 4.98 Å². The molecule has 118 valence electrons. The molecule has 0 N–H and O–H groups in total. The van der Waals surface area contributed by atoms with Crippen molar-refractivity contribution in [3.8, 4) is 6.01 Å².